The summed E-state index contributed by atoms with van der Waals surface area (Å²) in [5, 5.41) is 2.58. The van der Waals surface area contributed by atoms with E-state index >= 15 is 0 Å². The second kappa shape index (κ2) is 3.23. The van der Waals surface area contributed by atoms with E-state index in [-0.39, 0.29) is 5.70 Å². The molecule has 0 fully saturated rings. The van der Waals surface area contributed by atoms with Crippen molar-refractivity contribution in [3.05, 3.63) is 22.1 Å². The van der Waals surface area contributed by atoms with Crippen LogP contribution in [0.15, 0.2) is 12.3 Å². The Morgan fingerprint density at radius 3 is 2.44 bits per heavy atom. The molecule has 0 rings (SSSR count). The Labute approximate surface area is 51.9 Å². The molecule has 0 radical (unpaired) electrons. The lowest BCUT2D eigenvalue weighted by molar-refractivity contribution is -0.133. The van der Waals surface area contributed by atoms with Crippen LogP contribution in [0, 0.1) is 13.1 Å². The molecule has 0 saturated carbocycles. The number of carbonyl (C=O) groups excluding carboxylic acids is 1. The van der Waals surface area contributed by atoms with Crippen molar-refractivity contribution in [1.29, 1.82) is 0 Å². The van der Waals surface area contributed by atoms with Gasteiger partial charge in [0.25, 0.3) is 6.57 Å². The van der Waals surface area contributed by atoms with Crippen molar-refractivity contribution in [2.24, 2.45) is 0 Å². The highest BCUT2D eigenvalue weighted by Crippen LogP contribution is 1.94. The fourth-order valence-corrected chi connectivity index (χ4v) is 0.153. The minimum Gasteiger partial charge on any atom is -0.228 e. The van der Waals surface area contributed by atoms with Gasteiger partial charge in [0.15, 0.2) is 0 Å². The average molecular weight is 124 g/mol. The molecule has 0 N–H and O–H groups in total. The molecule has 0 heterocycles. The fourth-order valence-electron chi connectivity index (χ4n) is 0.153. The summed E-state index contributed by atoms with van der Waals surface area (Å²) in [6.07, 6.45) is 0. The summed E-state index contributed by atoms with van der Waals surface area (Å²) in [4.78, 5) is 17.1. The van der Waals surface area contributed by atoms with Gasteiger partial charge in [0.05, 0.1) is 0 Å². The topological polar surface area (TPSA) is 35.0 Å². The third kappa shape index (κ3) is 2.10. The minimum absolute atomic E-state index is 0.232. The molecular formula is C5H4N2O2+2. The Morgan fingerprint density at radius 2 is 2.11 bits per heavy atom. The van der Waals surface area contributed by atoms with Crippen LogP contribution in [0.5, 0.6) is 0 Å². The van der Waals surface area contributed by atoms with E-state index < -0.39 is 5.97 Å². The van der Waals surface area contributed by atoms with Gasteiger partial charge < -0.3 is 0 Å². The van der Waals surface area contributed by atoms with Crippen molar-refractivity contribution in [1.82, 2.24) is 0 Å². The zero-order valence-corrected chi connectivity index (χ0v) is 4.57. The zero-order valence-electron chi connectivity index (χ0n) is 4.57. The number of rotatable bonds is 1. The third-order valence-electron chi connectivity index (χ3n) is 0.527. The van der Waals surface area contributed by atoms with Crippen molar-refractivity contribution in [2.75, 3.05) is 0 Å². The van der Waals surface area contributed by atoms with Crippen LogP contribution >= 0.6 is 0 Å². The highest BCUT2D eigenvalue weighted by molar-refractivity contribution is 5.89. The van der Waals surface area contributed by atoms with Crippen LogP contribution in [-0.2, 0) is 9.63 Å². The Morgan fingerprint density at radius 1 is 1.56 bits per heavy atom. The summed E-state index contributed by atoms with van der Waals surface area (Å²) < 4.78 is 0. The van der Waals surface area contributed by atoms with E-state index in [0.717, 1.165) is 0 Å². The summed E-state index contributed by atoms with van der Waals surface area (Å²) in [6.45, 7) is 12.2. The van der Waals surface area contributed by atoms with Crippen molar-refractivity contribution in [3.63, 3.8) is 0 Å². The summed E-state index contributed by atoms with van der Waals surface area (Å²) >= 11 is 0. The zero-order chi connectivity index (χ0) is 7.28. The quantitative estimate of drug-likeness (QED) is 0.384. The molecule has 0 aromatic heterocycles. The SMILES string of the molecule is C#[N+]OC(=O)C(=C)[N+]#C. The molecule has 0 aliphatic heterocycles. The van der Waals surface area contributed by atoms with Crippen LogP contribution < -0.4 is 0 Å². The maximum atomic E-state index is 10.3. The normalized spacial score (nSPS) is 6.44. The molecule has 0 aromatic carbocycles. The summed E-state index contributed by atoms with van der Waals surface area (Å²) in [7, 11) is 0. The molecule has 4 nitrogen and oxygen atoms in total. The number of nitrogens with zero attached hydrogens (tertiary/aromatic N) is 2. The summed E-state index contributed by atoms with van der Waals surface area (Å²) in [6, 6.07) is 0. The van der Waals surface area contributed by atoms with Crippen LogP contribution in [-0.4, -0.2) is 5.97 Å². The van der Waals surface area contributed by atoms with Gasteiger partial charge in [-0.05, 0) is 4.85 Å². The van der Waals surface area contributed by atoms with Gasteiger partial charge in [-0.2, -0.15) is 0 Å². The molecule has 0 amide bonds. The minimum atomic E-state index is -0.861. The first-order valence-corrected chi connectivity index (χ1v) is 1.93. The first-order valence-electron chi connectivity index (χ1n) is 1.93. The molecule has 0 atom stereocenters. The van der Waals surface area contributed by atoms with Gasteiger partial charge in [-0.15, -0.1) is 0 Å². The molecule has 0 bridgehead atoms. The first kappa shape index (κ1) is 7.19. The van der Waals surface area contributed by atoms with E-state index in [1.54, 1.807) is 0 Å². The molecule has 0 aliphatic rings. The van der Waals surface area contributed by atoms with Gasteiger partial charge in [0.1, 0.15) is 0 Å². The molecule has 44 valence electrons. The Kier molecular flexibility index (Phi) is 2.58. The number of carbonyl (C=O) groups is 1. The average Bonchev–Trinajstić information content (AvgIpc) is 1.87. The van der Waals surface area contributed by atoms with E-state index in [1.807, 2.05) is 0 Å². The second-order valence-electron chi connectivity index (χ2n) is 1.06. The van der Waals surface area contributed by atoms with Gasteiger partial charge in [-0.1, -0.05) is 4.84 Å². The van der Waals surface area contributed by atoms with Crippen LogP contribution in [0.4, 0.5) is 0 Å². The summed E-state index contributed by atoms with van der Waals surface area (Å²) in [5.74, 6) is -0.861. The monoisotopic (exact) mass is 124 g/mol. The maximum absolute atomic E-state index is 10.3. The van der Waals surface area contributed by atoms with E-state index in [1.165, 1.54) is 0 Å². The number of hydrogen-bond acceptors (Lipinski definition) is 2. The van der Waals surface area contributed by atoms with Crippen molar-refractivity contribution >= 4 is 5.97 Å². The van der Waals surface area contributed by atoms with Crippen LogP contribution in [0.1, 0.15) is 0 Å². The van der Waals surface area contributed by atoms with Crippen molar-refractivity contribution < 1.29 is 9.63 Å². The summed E-state index contributed by atoms with van der Waals surface area (Å²) in [5.41, 5.74) is -0.232. The predicted octanol–water partition coefficient (Wildman–Crippen LogP) is 0.884. The highest BCUT2D eigenvalue weighted by Gasteiger charge is 2.22. The molecule has 4 heteroatoms. The van der Waals surface area contributed by atoms with E-state index in [4.69, 9.17) is 0 Å². The second-order valence-corrected chi connectivity index (χ2v) is 1.06. The molecule has 0 aromatic rings. The Bertz CT molecular complexity index is 218. The standard InChI is InChI=1S/C5H4N2O2/c1-4(6-2)5(8)9-7-3/h2-3H,1H2/q+2. The van der Waals surface area contributed by atoms with Gasteiger partial charge >= 0.3 is 18.2 Å². The smallest absolute Gasteiger partial charge is 0.228 e. The van der Waals surface area contributed by atoms with Gasteiger partial charge in [-0.25, -0.2) is 4.79 Å². The molecule has 0 spiro atoms. The molecule has 0 saturated heterocycles. The van der Waals surface area contributed by atoms with E-state index in [0.29, 0.717) is 0 Å². The lowest BCUT2D eigenvalue weighted by Gasteiger charge is -1.68. The lowest BCUT2D eigenvalue weighted by Crippen LogP contribution is -1.97. The van der Waals surface area contributed by atoms with Crippen molar-refractivity contribution in [3.8, 4) is 13.1 Å². The van der Waals surface area contributed by atoms with E-state index in [9.17, 15) is 4.79 Å². The van der Waals surface area contributed by atoms with Crippen LogP contribution in [0.25, 0.3) is 9.85 Å². The van der Waals surface area contributed by atoms with Gasteiger partial charge in [0, 0.05) is 6.58 Å². The highest BCUT2D eigenvalue weighted by atomic mass is 16.7. The van der Waals surface area contributed by atoms with E-state index in [2.05, 4.69) is 34.4 Å². The van der Waals surface area contributed by atoms with Gasteiger partial charge in [-0.3, -0.25) is 0 Å². The molecule has 9 heavy (non-hydrogen) atoms. The maximum Gasteiger partial charge on any atom is 0.511 e. The fraction of sp³-hybridized carbons (Fsp3) is 0. The molecular weight excluding hydrogens is 120 g/mol. The van der Waals surface area contributed by atoms with Crippen LogP contribution in [0.3, 0.4) is 0 Å². The first-order chi connectivity index (χ1) is 4.22. The predicted molar refractivity (Wildman–Crippen MR) is 31.8 cm³/mol. The third-order valence-corrected chi connectivity index (χ3v) is 0.527. The molecule has 0 unspecified atom stereocenters. The van der Waals surface area contributed by atoms with Crippen LogP contribution in [0.2, 0.25) is 0 Å². The Balaban J connectivity index is 3.97. The van der Waals surface area contributed by atoms with Crippen molar-refractivity contribution in [2.45, 2.75) is 0 Å². The Hall–Kier alpha value is -1.81. The van der Waals surface area contributed by atoms with Gasteiger partial charge in [0.2, 0.25) is 5.01 Å². The molecule has 0 aliphatic carbocycles. The largest absolute Gasteiger partial charge is 0.511 e. The number of hydrogen-bond donors (Lipinski definition) is 0. The lowest BCUT2D eigenvalue weighted by atomic mass is 10.5.